The Morgan fingerprint density at radius 2 is 1.70 bits per heavy atom. The number of hydrogen-bond acceptors (Lipinski definition) is 7. The van der Waals surface area contributed by atoms with Crippen LogP contribution in [-0.2, 0) is 16.0 Å². The third-order valence-corrected chi connectivity index (χ3v) is 7.10. The lowest BCUT2D eigenvalue weighted by molar-refractivity contribution is -0.139. The molecule has 1 saturated heterocycles. The lowest BCUT2D eigenvalue weighted by Gasteiger charge is -2.26. The number of H-pyrrole nitrogens is 1. The van der Waals surface area contributed by atoms with Crippen molar-refractivity contribution < 1.29 is 34.0 Å². The Bertz CT molecular complexity index is 1600. The molecule has 3 aromatic carbocycles. The summed E-state index contributed by atoms with van der Waals surface area (Å²) in [5.74, 6) is -0.348. The molecule has 0 aliphatic carbocycles. The standard InChI is InChI=1S/C31H30N2O7/c1-4-40-26-15-19(7-12-25(26)34)28-27(29(35)18-5-8-21(38-2)9-6-18)30(36)31(37)33(28)14-13-20-17-32-24-11-10-22(39-3)16-23(20)24/h5-12,15-17,28,32,34-35H,4,13-14H2,1-3H3/b29-27-. The molecule has 9 nitrogen and oxygen atoms in total. The molecule has 0 radical (unpaired) electrons. The van der Waals surface area contributed by atoms with Gasteiger partial charge in [-0.2, -0.15) is 0 Å². The molecular formula is C31H30N2O7. The number of nitrogens with zero attached hydrogens (tertiary/aromatic N) is 1. The molecule has 40 heavy (non-hydrogen) atoms. The highest BCUT2D eigenvalue weighted by Crippen LogP contribution is 2.42. The van der Waals surface area contributed by atoms with Crippen LogP contribution in [-0.4, -0.2) is 59.2 Å². The number of phenols is 1. The lowest BCUT2D eigenvalue weighted by atomic mass is 9.94. The van der Waals surface area contributed by atoms with Crippen molar-refractivity contribution in [3.05, 3.63) is 89.1 Å². The smallest absolute Gasteiger partial charge is 0.295 e. The molecule has 4 aromatic rings. The summed E-state index contributed by atoms with van der Waals surface area (Å²) in [5, 5.41) is 22.6. The molecule has 2 heterocycles. The summed E-state index contributed by atoms with van der Waals surface area (Å²) in [6, 6.07) is 16.1. The zero-order valence-electron chi connectivity index (χ0n) is 22.4. The van der Waals surface area contributed by atoms with E-state index in [0.29, 0.717) is 35.7 Å². The first kappa shape index (κ1) is 26.7. The average molecular weight is 543 g/mol. The number of carbonyl (C=O) groups excluding carboxylic acids is 2. The van der Waals surface area contributed by atoms with E-state index in [4.69, 9.17) is 14.2 Å². The molecule has 0 bridgehead atoms. The van der Waals surface area contributed by atoms with Crippen molar-refractivity contribution in [3.8, 4) is 23.0 Å². The van der Waals surface area contributed by atoms with Crippen molar-refractivity contribution in [2.45, 2.75) is 19.4 Å². The summed E-state index contributed by atoms with van der Waals surface area (Å²) in [4.78, 5) is 31.6. The Morgan fingerprint density at radius 1 is 0.975 bits per heavy atom. The lowest BCUT2D eigenvalue weighted by Crippen LogP contribution is -2.31. The number of aromatic nitrogens is 1. The number of carbonyl (C=O) groups is 2. The molecule has 0 spiro atoms. The molecule has 206 valence electrons. The maximum Gasteiger partial charge on any atom is 0.295 e. The highest BCUT2D eigenvalue weighted by Gasteiger charge is 2.46. The first-order valence-corrected chi connectivity index (χ1v) is 12.9. The molecule has 0 saturated carbocycles. The Balaban J connectivity index is 1.58. The summed E-state index contributed by atoms with van der Waals surface area (Å²) in [7, 11) is 3.13. The van der Waals surface area contributed by atoms with Gasteiger partial charge in [0.2, 0.25) is 0 Å². The summed E-state index contributed by atoms with van der Waals surface area (Å²) in [6.45, 7) is 2.30. The summed E-state index contributed by atoms with van der Waals surface area (Å²) in [5.41, 5.74) is 2.73. The van der Waals surface area contributed by atoms with Crippen molar-refractivity contribution >= 4 is 28.4 Å². The van der Waals surface area contributed by atoms with E-state index in [9.17, 15) is 19.8 Å². The number of aromatic hydroxyl groups is 1. The van der Waals surface area contributed by atoms with Gasteiger partial charge in [-0.15, -0.1) is 0 Å². The fourth-order valence-electron chi connectivity index (χ4n) is 5.07. The zero-order valence-corrected chi connectivity index (χ0v) is 22.4. The highest BCUT2D eigenvalue weighted by atomic mass is 16.5. The third kappa shape index (κ3) is 4.82. The number of ketones is 1. The number of aliphatic hydroxyl groups is 1. The van der Waals surface area contributed by atoms with Crippen LogP contribution >= 0.6 is 0 Å². The quantitative estimate of drug-likeness (QED) is 0.155. The summed E-state index contributed by atoms with van der Waals surface area (Å²) in [6.07, 6.45) is 2.32. The van der Waals surface area contributed by atoms with Crippen LogP contribution in [0.15, 0.2) is 72.4 Å². The number of ether oxygens (including phenoxy) is 3. The topological polar surface area (TPSA) is 121 Å². The maximum atomic E-state index is 13.4. The van der Waals surface area contributed by atoms with E-state index < -0.39 is 17.7 Å². The fourth-order valence-corrected chi connectivity index (χ4v) is 5.07. The Kier molecular flexibility index (Phi) is 7.37. The minimum absolute atomic E-state index is 0.0381. The Morgan fingerprint density at radius 3 is 2.40 bits per heavy atom. The number of hydrogen-bond donors (Lipinski definition) is 3. The van der Waals surface area contributed by atoms with Gasteiger partial charge in [0, 0.05) is 29.2 Å². The molecule has 1 aromatic heterocycles. The minimum Gasteiger partial charge on any atom is -0.507 e. The van der Waals surface area contributed by atoms with Crippen LogP contribution in [0.1, 0.15) is 29.7 Å². The molecule has 1 unspecified atom stereocenters. The number of fused-ring (bicyclic) bond motifs is 1. The van der Waals surface area contributed by atoms with Crippen LogP contribution in [0.3, 0.4) is 0 Å². The van der Waals surface area contributed by atoms with E-state index in [-0.39, 0.29) is 29.4 Å². The molecule has 1 fully saturated rings. The Hall–Kier alpha value is -4.92. The van der Waals surface area contributed by atoms with E-state index in [1.54, 1.807) is 50.4 Å². The molecule has 3 N–H and O–H groups in total. The first-order valence-electron chi connectivity index (χ1n) is 12.9. The Labute approximate surface area is 231 Å². The van der Waals surface area contributed by atoms with Crippen molar-refractivity contribution in [2.75, 3.05) is 27.4 Å². The summed E-state index contributed by atoms with van der Waals surface area (Å²) >= 11 is 0. The number of likely N-dealkylation sites (tertiary alicyclic amines) is 1. The van der Waals surface area contributed by atoms with E-state index >= 15 is 0 Å². The molecule has 1 amide bonds. The van der Waals surface area contributed by atoms with Crippen molar-refractivity contribution in [3.63, 3.8) is 0 Å². The highest BCUT2D eigenvalue weighted by molar-refractivity contribution is 6.46. The van der Waals surface area contributed by atoms with Crippen LogP contribution in [0.4, 0.5) is 0 Å². The van der Waals surface area contributed by atoms with Crippen molar-refractivity contribution in [1.82, 2.24) is 9.88 Å². The number of Topliss-reactive ketones (excluding diaryl/α,β-unsaturated/α-hetero) is 1. The van der Waals surface area contributed by atoms with Gasteiger partial charge < -0.3 is 34.3 Å². The van der Waals surface area contributed by atoms with Gasteiger partial charge in [-0.3, -0.25) is 9.59 Å². The van der Waals surface area contributed by atoms with Gasteiger partial charge in [0.1, 0.15) is 17.3 Å². The van der Waals surface area contributed by atoms with Gasteiger partial charge in [0.15, 0.2) is 11.5 Å². The molecule has 1 aliphatic heterocycles. The number of benzene rings is 3. The van der Waals surface area contributed by atoms with E-state index in [0.717, 1.165) is 16.5 Å². The predicted octanol–water partition coefficient (Wildman–Crippen LogP) is 4.95. The number of aliphatic hydroxyl groups excluding tert-OH is 1. The maximum absolute atomic E-state index is 13.4. The van der Waals surface area contributed by atoms with Gasteiger partial charge >= 0.3 is 0 Å². The van der Waals surface area contributed by atoms with Crippen molar-refractivity contribution in [2.24, 2.45) is 0 Å². The second-order valence-corrected chi connectivity index (χ2v) is 9.36. The number of aromatic amines is 1. The van der Waals surface area contributed by atoms with Crippen molar-refractivity contribution in [1.29, 1.82) is 0 Å². The van der Waals surface area contributed by atoms with E-state index in [2.05, 4.69) is 4.98 Å². The van der Waals surface area contributed by atoms with Crippen LogP contribution in [0.2, 0.25) is 0 Å². The van der Waals surface area contributed by atoms with Gasteiger partial charge in [-0.05, 0) is 79.1 Å². The number of nitrogens with one attached hydrogen (secondary N) is 1. The van der Waals surface area contributed by atoms with Gasteiger partial charge in [0.25, 0.3) is 11.7 Å². The minimum atomic E-state index is -0.901. The van der Waals surface area contributed by atoms with Crippen LogP contribution in [0, 0.1) is 0 Å². The largest absolute Gasteiger partial charge is 0.507 e. The number of amides is 1. The molecular weight excluding hydrogens is 512 g/mol. The SMILES string of the molecule is CCOc1cc(C2/C(=C(/O)c3ccc(OC)cc3)C(=O)C(=O)N2CCc2c[nH]c3ccc(OC)cc23)ccc1O. The van der Waals surface area contributed by atoms with Crippen LogP contribution in [0.25, 0.3) is 16.7 Å². The normalized spacial score (nSPS) is 16.5. The zero-order chi connectivity index (χ0) is 28.4. The molecule has 1 atom stereocenters. The number of methoxy groups -OCH3 is 2. The fraction of sp³-hybridized carbons (Fsp3) is 0.226. The average Bonchev–Trinajstić information content (AvgIpc) is 3.50. The van der Waals surface area contributed by atoms with Gasteiger partial charge in [0.05, 0.1) is 32.4 Å². The second kappa shape index (κ2) is 11.1. The molecule has 1 aliphatic rings. The van der Waals surface area contributed by atoms with Gasteiger partial charge in [-0.25, -0.2) is 0 Å². The third-order valence-electron chi connectivity index (χ3n) is 7.10. The van der Waals surface area contributed by atoms with E-state index in [1.165, 1.54) is 18.1 Å². The first-order chi connectivity index (χ1) is 19.4. The molecule has 5 rings (SSSR count). The predicted molar refractivity (Wildman–Crippen MR) is 150 cm³/mol. The second-order valence-electron chi connectivity index (χ2n) is 9.36. The van der Waals surface area contributed by atoms with Gasteiger partial charge in [-0.1, -0.05) is 6.07 Å². The molecule has 9 heteroatoms. The summed E-state index contributed by atoms with van der Waals surface area (Å²) < 4.78 is 16.1. The monoisotopic (exact) mass is 542 g/mol. The number of rotatable bonds is 9. The number of phenolic OH excluding ortho intramolecular Hbond substituents is 1. The van der Waals surface area contributed by atoms with E-state index in [1.807, 2.05) is 24.4 Å². The van der Waals surface area contributed by atoms with Crippen LogP contribution in [0.5, 0.6) is 23.0 Å². The van der Waals surface area contributed by atoms with Crippen LogP contribution < -0.4 is 14.2 Å².